The lowest BCUT2D eigenvalue weighted by Crippen LogP contribution is -2.34. The molecule has 0 unspecified atom stereocenters. The van der Waals surface area contributed by atoms with E-state index in [0.717, 1.165) is 18.4 Å². The number of aromatic nitrogens is 2. The molecule has 8 heteroatoms. The first-order chi connectivity index (χ1) is 14.1. The van der Waals surface area contributed by atoms with Gasteiger partial charge in [0.25, 0.3) is 5.56 Å². The van der Waals surface area contributed by atoms with Crippen LogP contribution in [0.4, 0.5) is 0 Å². The van der Waals surface area contributed by atoms with Gasteiger partial charge < -0.3 is 5.32 Å². The molecule has 0 spiro atoms. The van der Waals surface area contributed by atoms with E-state index < -0.39 is 0 Å². The van der Waals surface area contributed by atoms with Gasteiger partial charge in [0.05, 0.1) is 11.3 Å². The molecule has 0 aliphatic heterocycles. The van der Waals surface area contributed by atoms with Gasteiger partial charge in [0.2, 0.25) is 5.91 Å². The smallest absolute Gasteiger partial charge is 0.272 e. The SMILES string of the molecule is O=C(CSc1nc2ccsc2c(=O)n1CCc1ccc(Cl)cc1)NC1CCCC1. The molecule has 0 saturated heterocycles. The van der Waals surface area contributed by atoms with Crippen molar-refractivity contribution in [3.63, 3.8) is 0 Å². The molecular formula is C21H22ClN3O2S2. The van der Waals surface area contributed by atoms with Crippen LogP contribution >= 0.6 is 34.7 Å². The van der Waals surface area contributed by atoms with Gasteiger partial charge in [0.15, 0.2) is 5.16 Å². The van der Waals surface area contributed by atoms with Gasteiger partial charge in [-0.05, 0) is 48.4 Å². The monoisotopic (exact) mass is 447 g/mol. The van der Waals surface area contributed by atoms with Crippen LogP contribution in [0, 0.1) is 0 Å². The second-order valence-corrected chi connectivity index (χ2v) is 9.50. The van der Waals surface area contributed by atoms with Crippen molar-refractivity contribution in [2.45, 2.75) is 49.8 Å². The van der Waals surface area contributed by atoms with Gasteiger partial charge in [-0.2, -0.15) is 0 Å². The first-order valence-corrected chi connectivity index (χ1v) is 12.0. The molecule has 0 bridgehead atoms. The molecule has 1 aromatic carbocycles. The minimum Gasteiger partial charge on any atom is -0.353 e. The largest absolute Gasteiger partial charge is 0.353 e. The van der Waals surface area contributed by atoms with Crippen LogP contribution in [0.2, 0.25) is 5.02 Å². The number of benzene rings is 1. The second-order valence-electron chi connectivity index (χ2n) is 7.20. The molecule has 4 rings (SSSR count). The third kappa shape index (κ3) is 5.02. The predicted molar refractivity (Wildman–Crippen MR) is 120 cm³/mol. The summed E-state index contributed by atoms with van der Waals surface area (Å²) in [6.45, 7) is 0.508. The molecule has 1 aliphatic rings. The quantitative estimate of drug-likeness (QED) is 0.427. The van der Waals surface area contributed by atoms with Crippen molar-refractivity contribution in [2.24, 2.45) is 0 Å². The summed E-state index contributed by atoms with van der Waals surface area (Å²) in [5.74, 6) is 0.269. The number of thiophene rings is 1. The minimum absolute atomic E-state index is 0.00538. The normalized spacial score (nSPS) is 14.5. The summed E-state index contributed by atoms with van der Waals surface area (Å²) in [5.41, 5.74) is 1.75. The molecule has 0 radical (unpaired) electrons. The topological polar surface area (TPSA) is 64.0 Å². The van der Waals surface area contributed by atoms with E-state index in [9.17, 15) is 9.59 Å². The van der Waals surface area contributed by atoms with Gasteiger partial charge >= 0.3 is 0 Å². The lowest BCUT2D eigenvalue weighted by molar-refractivity contribution is -0.119. The van der Waals surface area contributed by atoms with Crippen LogP contribution in [-0.2, 0) is 17.8 Å². The number of aryl methyl sites for hydroxylation is 1. The van der Waals surface area contributed by atoms with Crippen LogP contribution in [0.25, 0.3) is 10.2 Å². The molecule has 5 nitrogen and oxygen atoms in total. The lowest BCUT2D eigenvalue weighted by atomic mass is 10.1. The van der Waals surface area contributed by atoms with E-state index in [0.29, 0.717) is 39.4 Å². The van der Waals surface area contributed by atoms with E-state index in [-0.39, 0.29) is 17.2 Å². The number of carbonyl (C=O) groups is 1. The highest BCUT2D eigenvalue weighted by Crippen LogP contribution is 2.22. The molecule has 152 valence electrons. The Kier molecular flexibility index (Phi) is 6.57. The maximum Gasteiger partial charge on any atom is 0.272 e. The van der Waals surface area contributed by atoms with Gasteiger partial charge in [0, 0.05) is 17.6 Å². The van der Waals surface area contributed by atoms with E-state index in [4.69, 9.17) is 11.6 Å². The summed E-state index contributed by atoms with van der Waals surface area (Å²) in [4.78, 5) is 30.0. The molecule has 1 aliphatic carbocycles. The van der Waals surface area contributed by atoms with Crippen LogP contribution in [0.1, 0.15) is 31.2 Å². The minimum atomic E-state index is -0.0438. The molecule has 29 heavy (non-hydrogen) atoms. The van der Waals surface area contributed by atoms with Crippen LogP contribution in [0.15, 0.2) is 45.7 Å². The molecule has 1 fully saturated rings. The van der Waals surface area contributed by atoms with Crippen molar-refractivity contribution >= 4 is 50.8 Å². The average molecular weight is 448 g/mol. The molecule has 2 aromatic heterocycles. The zero-order valence-corrected chi connectivity index (χ0v) is 18.3. The molecule has 2 heterocycles. The third-order valence-corrected chi connectivity index (χ3v) is 7.24. The fourth-order valence-electron chi connectivity index (χ4n) is 3.59. The Morgan fingerprint density at radius 1 is 1.24 bits per heavy atom. The maximum absolute atomic E-state index is 13.0. The number of rotatable bonds is 7. The van der Waals surface area contributed by atoms with Crippen molar-refractivity contribution in [1.29, 1.82) is 0 Å². The fourth-order valence-corrected chi connectivity index (χ4v) is 5.33. The van der Waals surface area contributed by atoms with Crippen molar-refractivity contribution in [2.75, 3.05) is 5.75 Å². The van der Waals surface area contributed by atoms with E-state index in [2.05, 4.69) is 10.3 Å². The highest BCUT2D eigenvalue weighted by Gasteiger charge is 2.18. The van der Waals surface area contributed by atoms with E-state index >= 15 is 0 Å². The first kappa shape index (κ1) is 20.4. The number of fused-ring (bicyclic) bond motifs is 1. The van der Waals surface area contributed by atoms with E-state index in [1.807, 2.05) is 35.7 Å². The Hall–Kier alpha value is -1.83. The molecule has 3 aromatic rings. The van der Waals surface area contributed by atoms with Crippen LogP contribution in [0.3, 0.4) is 0 Å². The summed E-state index contributed by atoms with van der Waals surface area (Å²) < 4.78 is 2.35. The van der Waals surface area contributed by atoms with E-state index in [1.165, 1.54) is 35.9 Å². The van der Waals surface area contributed by atoms with Gasteiger partial charge in [-0.3, -0.25) is 14.2 Å². The standard InChI is InChI=1S/C21H22ClN3O2S2/c22-15-7-5-14(6-8-15)9-11-25-20(27)19-17(10-12-28-19)24-21(25)29-13-18(26)23-16-3-1-2-4-16/h5-8,10,12,16H,1-4,9,11,13H2,(H,23,26). The summed E-state index contributed by atoms with van der Waals surface area (Å²) in [7, 11) is 0. The van der Waals surface area contributed by atoms with Crippen LogP contribution in [0.5, 0.6) is 0 Å². The van der Waals surface area contributed by atoms with Crippen molar-refractivity contribution in [1.82, 2.24) is 14.9 Å². The van der Waals surface area contributed by atoms with Crippen molar-refractivity contribution in [3.05, 3.63) is 56.7 Å². The number of hydrogen-bond acceptors (Lipinski definition) is 5. The number of carbonyl (C=O) groups excluding carboxylic acids is 1. The van der Waals surface area contributed by atoms with Crippen molar-refractivity contribution in [3.8, 4) is 0 Å². The number of halogens is 1. The van der Waals surface area contributed by atoms with Crippen LogP contribution in [-0.4, -0.2) is 27.3 Å². The Morgan fingerprint density at radius 2 is 2.00 bits per heavy atom. The lowest BCUT2D eigenvalue weighted by Gasteiger charge is -2.14. The summed E-state index contributed by atoms with van der Waals surface area (Å²) >= 11 is 8.69. The summed E-state index contributed by atoms with van der Waals surface area (Å²) in [6.07, 6.45) is 5.16. The molecule has 1 saturated carbocycles. The highest BCUT2D eigenvalue weighted by atomic mass is 35.5. The van der Waals surface area contributed by atoms with Gasteiger partial charge in [-0.25, -0.2) is 4.98 Å². The number of amides is 1. The first-order valence-electron chi connectivity index (χ1n) is 9.75. The zero-order valence-electron chi connectivity index (χ0n) is 15.9. The van der Waals surface area contributed by atoms with Crippen LogP contribution < -0.4 is 10.9 Å². The molecule has 1 amide bonds. The highest BCUT2D eigenvalue weighted by molar-refractivity contribution is 7.99. The third-order valence-electron chi connectivity index (χ3n) is 5.12. The number of hydrogen-bond donors (Lipinski definition) is 1. The summed E-state index contributed by atoms with van der Waals surface area (Å²) in [5, 5.41) is 6.26. The Morgan fingerprint density at radius 3 is 2.76 bits per heavy atom. The van der Waals surface area contributed by atoms with E-state index in [1.54, 1.807) is 4.57 Å². The number of nitrogens with zero attached hydrogens (tertiary/aromatic N) is 2. The number of nitrogens with one attached hydrogen (secondary N) is 1. The average Bonchev–Trinajstić information content (AvgIpc) is 3.39. The number of thioether (sulfide) groups is 1. The van der Waals surface area contributed by atoms with Crippen molar-refractivity contribution < 1.29 is 4.79 Å². The van der Waals surface area contributed by atoms with Gasteiger partial charge in [-0.15, -0.1) is 11.3 Å². The molecule has 1 N–H and O–H groups in total. The Labute approximate surface area is 182 Å². The summed E-state index contributed by atoms with van der Waals surface area (Å²) in [6, 6.07) is 9.78. The van der Waals surface area contributed by atoms with Gasteiger partial charge in [0.1, 0.15) is 4.70 Å². The Balaban J connectivity index is 1.51. The maximum atomic E-state index is 13.0. The predicted octanol–water partition coefficient (Wildman–Crippen LogP) is 4.51. The Bertz CT molecular complexity index is 1060. The molecule has 0 atom stereocenters. The fraction of sp³-hybridized carbons (Fsp3) is 0.381. The molecular weight excluding hydrogens is 426 g/mol. The second kappa shape index (κ2) is 9.32. The van der Waals surface area contributed by atoms with Gasteiger partial charge in [-0.1, -0.05) is 48.3 Å². The zero-order chi connectivity index (χ0) is 20.2.